The van der Waals surface area contributed by atoms with Gasteiger partial charge in [0.1, 0.15) is 6.10 Å². The minimum atomic E-state index is -0.810. The fourth-order valence-electron chi connectivity index (χ4n) is 7.32. The van der Waals surface area contributed by atoms with Gasteiger partial charge in [-0.25, -0.2) is 0 Å². The van der Waals surface area contributed by atoms with Gasteiger partial charge in [0, 0.05) is 6.42 Å². The van der Waals surface area contributed by atoms with Crippen molar-refractivity contribution < 1.29 is 24.5 Å². The van der Waals surface area contributed by atoms with Crippen LogP contribution in [0.25, 0.3) is 0 Å². The van der Waals surface area contributed by atoms with E-state index < -0.39 is 18.2 Å². The van der Waals surface area contributed by atoms with Gasteiger partial charge in [0.25, 0.3) is 0 Å². The van der Waals surface area contributed by atoms with E-state index >= 15 is 0 Å². The normalized spacial score (nSPS) is 13.9. The van der Waals surface area contributed by atoms with Crippen LogP contribution in [0, 0.1) is 0 Å². The first kappa shape index (κ1) is 57.3. The number of aliphatic hydroxyl groups is 2. The summed E-state index contributed by atoms with van der Waals surface area (Å²) in [6.07, 6.45) is 59.7. The molecule has 0 rings (SSSR count). The van der Waals surface area contributed by atoms with E-state index in [9.17, 15) is 19.8 Å². The predicted octanol–water partition coefficient (Wildman–Crippen LogP) is 15.0. The zero-order chi connectivity index (χ0) is 43.8. The van der Waals surface area contributed by atoms with Crippen LogP contribution in [0.4, 0.5) is 0 Å². The number of allylic oxidation sites excluding steroid dienone is 12. The Morgan fingerprint density at radius 1 is 0.500 bits per heavy atom. The number of carbonyl (C=O) groups is 2. The van der Waals surface area contributed by atoms with E-state index in [1.165, 1.54) is 122 Å². The molecule has 0 saturated carbocycles. The second-order valence-corrected chi connectivity index (χ2v) is 17.0. The molecule has 0 bridgehead atoms. The monoisotopic (exact) mass is 838 g/mol. The van der Waals surface area contributed by atoms with Gasteiger partial charge in [-0.1, -0.05) is 235 Å². The molecule has 1 amide bonds. The van der Waals surface area contributed by atoms with Crippen molar-refractivity contribution in [1.29, 1.82) is 0 Å². The van der Waals surface area contributed by atoms with Gasteiger partial charge in [-0.3, -0.25) is 9.59 Å². The number of hydrogen-bond donors (Lipinski definition) is 3. The first-order chi connectivity index (χ1) is 29.5. The number of hydrogen-bond acceptors (Lipinski definition) is 5. The zero-order valence-corrected chi connectivity index (χ0v) is 39.3. The van der Waals surface area contributed by atoms with Gasteiger partial charge in [-0.05, 0) is 57.8 Å². The Labute approximate surface area is 371 Å². The van der Waals surface area contributed by atoms with Crippen molar-refractivity contribution in [2.75, 3.05) is 6.61 Å². The van der Waals surface area contributed by atoms with E-state index in [1.807, 2.05) is 48.6 Å². The maximum absolute atomic E-state index is 13.2. The Kier molecular flexibility index (Phi) is 45.2. The quantitative estimate of drug-likeness (QED) is 0.0246. The molecule has 0 saturated heterocycles. The summed E-state index contributed by atoms with van der Waals surface area (Å²) in [6.45, 7) is 6.28. The molecule has 0 aromatic carbocycles. The highest BCUT2D eigenvalue weighted by Crippen LogP contribution is 2.17. The molecule has 0 aliphatic heterocycles. The van der Waals surface area contributed by atoms with Crippen molar-refractivity contribution >= 4 is 11.9 Å². The van der Waals surface area contributed by atoms with Crippen molar-refractivity contribution in [2.45, 2.75) is 251 Å². The Morgan fingerprint density at radius 2 is 0.950 bits per heavy atom. The van der Waals surface area contributed by atoms with Gasteiger partial charge in [-0.15, -0.1) is 0 Å². The van der Waals surface area contributed by atoms with Crippen LogP contribution in [0.2, 0.25) is 0 Å². The topological polar surface area (TPSA) is 95.9 Å². The molecular weight excluding hydrogens is 743 g/mol. The molecule has 6 heteroatoms. The molecule has 0 aromatic heterocycles. The highest BCUT2D eigenvalue weighted by atomic mass is 16.5. The number of nitrogens with one attached hydrogen (secondary N) is 1. The van der Waals surface area contributed by atoms with Gasteiger partial charge in [0.15, 0.2) is 0 Å². The second-order valence-electron chi connectivity index (χ2n) is 17.0. The lowest BCUT2D eigenvalue weighted by Crippen LogP contribution is -2.46. The first-order valence-electron chi connectivity index (χ1n) is 25.2. The van der Waals surface area contributed by atoms with Crippen LogP contribution in [-0.2, 0) is 14.3 Å². The lowest BCUT2D eigenvalue weighted by molar-refractivity contribution is -0.151. The fourth-order valence-corrected chi connectivity index (χ4v) is 7.32. The lowest BCUT2D eigenvalue weighted by Gasteiger charge is -2.24. The molecule has 0 heterocycles. The number of carbonyl (C=O) groups excluding carboxylic acids is 2. The van der Waals surface area contributed by atoms with Crippen molar-refractivity contribution in [2.24, 2.45) is 0 Å². The Hall–Kier alpha value is -2.70. The number of rotatable bonds is 44. The van der Waals surface area contributed by atoms with Crippen molar-refractivity contribution in [3.8, 4) is 0 Å². The van der Waals surface area contributed by atoms with Crippen molar-refractivity contribution in [3.05, 3.63) is 72.9 Å². The lowest BCUT2D eigenvalue weighted by atomic mass is 10.0. The minimum absolute atomic E-state index is 0.0230. The SMILES string of the molecule is CC/C=C/C=C/C=C\C=C/C=C/CCCC(CC(=O)NC(CO)C(O)CCCCCCCCCCCCCCCCCCC)OC(=O)CCCCCCC/C=C\CCCC. The number of aliphatic hydroxyl groups excluding tert-OH is 2. The summed E-state index contributed by atoms with van der Waals surface area (Å²) in [5.41, 5.74) is 0. The third-order valence-electron chi connectivity index (χ3n) is 11.1. The number of ether oxygens (including phenoxy) is 1. The molecule has 346 valence electrons. The molecule has 0 spiro atoms. The van der Waals surface area contributed by atoms with E-state index in [1.54, 1.807) is 0 Å². The molecule has 6 nitrogen and oxygen atoms in total. The summed E-state index contributed by atoms with van der Waals surface area (Å²) < 4.78 is 5.87. The standard InChI is InChI=1S/C54H95NO5/c1-4-7-10-13-16-19-22-24-25-26-27-29-32-34-37-40-43-46-52(57)51(49-56)55-53(58)48-50(45-42-39-36-33-31-28-23-20-17-14-11-8-5-2)60-54(59)47-44-41-38-35-30-21-18-15-12-9-6-3/h8,11,14-15,17-18,20,23,28,31,33,36,50-52,56-57H,4-7,9-10,12-13,16,19,21-22,24-27,29-30,32,34-35,37-49H2,1-3H3,(H,55,58)/b11-8+,17-14+,18-15-,23-20-,31-28-,36-33+. The molecule has 0 radical (unpaired) electrons. The Bertz CT molecular complexity index is 1120. The average molecular weight is 838 g/mol. The van der Waals surface area contributed by atoms with Crippen LogP contribution in [0.5, 0.6) is 0 Å². The van der Waals surface area contributed by atoms with Crippen LogP contribution in [0.1, 0.15) is 233 Å². The summed E-state index contributed by atoms with van der Waals surface area (Å²) in [7, 11) is 0. The third-order valence-corrected chi connectivity index (χ3v) is 11.1. The zero-order valence-electron chi connectivity index (χ0n) is 39.3. The van der Waals surface area contributed by atoms with Crippen LogP contribution < -0.4 is 5.32 Å². The first-order valence-corrected chi connectivity index (χ1v) is 25.2. The minimum Gasteiger partial charge on any atom is -0.462 e. The van der Waals surface area contributed by atoms with Crippen LogP contribution in [-0.4, -0.2) is 46.9 Å². The third kappa shape index (κ3) is 42.0. The molecule has 3 N–H and O–H groups in total. The average Bonchev–Trinajstić information content (AvgIpc) is 3.24. The highest BCUT2D eigenvalue weighted by molar-refractivity contribution is 5.77. The van der Waals surface area contributed by atoms with Crippen LogP contribution in [0.15, 0.2) is 72.9 Å². The van der Waals surface area contributed by atoms with Crippen molar-refractivity contribution in [3.63, 3.8) is 0 Å². The second kappa shape index (κ2) is 47.4. The molecule has 0 fully saturated rings. The van der Waals surface area contributed by atoms with Crippen molar-refractivity contribution in [1.82, 2.24) is 5.32 Å². The van der Waals surface area contributed by atoms with Gasteiger partial charge in [0.05, 0.1) is 25.2 Å². The molecule has 0 aromatic rings. The van der Waals surface area contributed by atoms with E-state index in [4.69, 9.17) is 4.74 Å². The fraction of sp³-hybridized carbons (Fsp3) is 0.741. The molecule has 3 atom stereocenters. The largest absolute Gasteiger partial charge is 0.462 e. The Morgan fingerprint density at radius 3 is 1.48 bits per heavy atom. The predicted molar refractivity (Wildman–Crippen MR) is 259 cm³/mol. The summed E-state index contributed by atoms with van der Waals surface area (Å²) in [4.78, 5) is 26.0. The number of unbranched alkanes of at least 4 members (excludes halogenated alkanes) is 24. The summed E-state index contributed by atoms with van der Waals surface area (Å²) in [6, 6.07) is -0.728. The summed E-state index contributed by atoms with van der Waals surface area (Å²) >= 11 is 0. The van der Waals surface area contributed by atoms with Gasteiger partial charge < -0.3 is 20.3 Å². The van der Waals surface area contributed by atoms with E-state index in [0.29, 0.717) is 19.3 Å². The highest BCUT2D eigenvalue weighted by Gasteiger charge is 2.24. The van der Waals surface area contributed by atoms with Gasteiger partial charge in [0.2, 0.25) is 5.91 Å². The smallest absolute Gasteiger partial charge is 0.306 e. The molecule has 0 aliphatic rings. The molecule has 3 unspecified atom stereocenters. The summed E-state index contributed by atoms with van der Waals surface area (Å²) in [5, 5.41) is 23.7. The van der Waals surface area contributed by atoms with Gasteiger partial charge >= 0.3 is 5.97 Å². The maximum atomic E-state index is 13.2. The van der Waals surface area contributed by atoms with E-state index in [-0.39, 0.29) is 24.9 Å². The summed E-state index contributed by atoms with van der Waals surface area (Å²) in [5.74, 6) is -0.560. The van der Waals surface area contributed by atoms with Gasteiger partial charge in [-0.2, -0.15) is 0 Å². The van der Waals surface area contributed by atoms with E-state index in [0.717, 1.165) is 64.2 Å². The maximum Gasteiger partial charge on any atom is 0.306 e. The van der Waals surface area contributed by atoms with Crippen LogP contribution >= 0.6 is 0 Å². The van der Waals surface area contributed by atoms with Crippen LogP contribution in [0.3, 0.4) is 0 Å². The number of amides is 1. The van der Waals surface area contributed by atoms with E-state index in [2.05, 4.69) is 50.4 Å². The Balaban J connectivity index is 4.61. The molecular formula is C54H95NO5. The molecule has 60 heavy (non-hydrogen) atoms. The molecule has 0 aliphatic carbocycles. The number of esters is 1.